The van der Waals surface area contributed by atoms with Crippen molar-refractivity contribution in [2.75, 3.05) is 5.32 Å². The first kappa shape index (κ1) is 15.3. The van der Waals surface area contributed by atoms with Gasteiger partial charge in [0.1, 0.15) is 0 Å². The predicted octanol–water partition coefficient (Wildman–Crippen LogP) is 5.16. The van der Waals surface area contributed by atoms with Crippen LogP contribution in [0, 0.1) is 6.92 Å². The van der Waals surface area contributed by atoms with Crippen LogP contribution in [0.15, 0.2) is 51.9 Å². The summed E-state index contributed by atoms with van der Waals surface area (Å²) in [6, 6.07) is 13.4. The van der Waals surface area contributed by atoms with E-state index in [-0.39, 0.29) is 5.91 Å². The maximum atomic E-state index is 12.6. The van der Waals surface area contributed by atoms with Crippen LogP contribution >= 0.6 is 23.4 Å². The summed E-state index contributed by atoms with van der Waals surface area (Å²) in [6.07, 6.45) is 0. The number of halogens is 1. The van der Waals surface area contributed by atoms with Crippen molar-refractivity contribution in [3.8, 4) is 11.3 Å². The van der Waals surface area contributed by atoms with E-state index < -0.39 is 0 Å². The van der Waals surface area contributed by atoms with Crippen molar-refractivity contribution in [1.82, 2.24) is 5.16 Å². The molecule has 6 heteroatoms. The predicted molar refractivity (Wildman–Crippen MR) is 95.6 cm³/mol. The minimum absolute atomic E-state index is 0.309. The highest BCUT2D eigenvalue weighted by molar-refractivity contribution is 7.98. The van der Waals surface area contributed by atoms with Crippen molar-refractivity contribution >= 4 is 35.0 Å². The zero-order chi connectivity index (χ0) is 16.7. The monoisotopic (exact) mass is 356 g/mol. The number of hydrogen-bond donors (Lipinski definition) is 1. The molecule has 0 saturated heterocycles. The summed E-state index contributed by atoms with van der Waals surface area (Å²) in [5, 5.41) is 7.31. The molecule has 0 fully saturated rings. The van der Waals surface area contributed by atoms with E-state index in [1.54, 1.807) is 17.8 Å². The third-order valence-corrected chi connectivity index (χ3v) is 5.29. The minimum Gasteiger partial charge on any atom is -0.355 e. The zero-order valence-corrected chi connectivity index (χ0v) is 14.4. The Kier molecular flexibility index (Phi) is 3.82. The molecular weight excluding hydrogens is 344 g/mol. The SMILES string of the molecule is Cc1ccc(NC(=O)c2noc3c2CSc2ccccc2-3)c(Cl)c1. The summed E-state index contributed by atoms with van der Waals surface area (Å²) in [7, 11) is 0. The summed E-state index contributed by atoms with van der Waals surface area (Å²) in [5.41, 5.74) is 3.70. The molecule has 0 aliphatic carbocycles. The summed E-state index contributed by atoms with van der Waals surface area (Å²) in [6.45, 7) is 1.94. The third-order valence-electron chi connectivity index (χ3n) is 3.88. The highest BCUT2D eigenvalue weighted by Crippen LogP contribution is 2.42. The van der Waals surface area contributed by atoms with Crippen LogP contribution in [-0.2, 0) is 5.75 Å². The average Bonchev–Trinajstić information content (AvgIpc) is 3.02. The lowest BCUT2D eigenvalue weighted by atomic mass is 10.1. The first-order valence-electron chi connectivity index (χ1n) is 7.42. The maximum Gasteiger partial charge on any atom is 0.278 e. The Balaban J connectivity index is 1.67. The van der Waals surface area contributed by atoms with Gasteiger partial charge in [-0.05, 0) is 36.8 Å². The number of thioether (sulfide) groups is 1. The molecule has 0 unspecified atom stereocenters. The maximum absolute atomic E-state index is 12.6. The molecule has 1 amide bonds. The van der Waals surface area contributed by atoms with E-state index in [4.69, 9.17) is 16.1 Å². The van der Waals surface area contributed by atoms with Gasteiger partial charge in [0.25, 0.3) is 5.91 Å². The number of rotatable bonds is 2. The Hall–Kier alpha value is -2.24. The van der Waals surface area contributed by atoms with Crippen molar-refractivity contribution in [2.45, 2.75) is 17.6 Å². The fourth-order valence-corrected chi connectivity index (χ4v) is 4.01. The fourth-order valence-electron chi connectivity index (χ4n) is 2.67. The Labute approximate surface area is 148 Å². The van der Waals surface area contributed by atoms with Crippen molar-refractivity contribution in [2.24, 2.45) is 0 Å². The van der Waals surface area contributed by atoms with Gasteiger partial charge in [0.15, 0.2) is 11.5 Å². The standard InChI is InChI=1S/C18H13ClN2O2S/c1-10-6-7-14(13(19)8-10)20-18(22)16-12-9-24-15-5-3-2-4-11(15)17(12)23-21-16/h2-8H,9H2,1H3,(H,20,22). The molecule has 0 radical (unpaired) electrons. The summed E-state index contributed by atoms with van der Waals surface area (Å²) in [5.74, 6) is 1.01. The van der Waals surface area contributed by atoms with Crippen molar-refractivity contribution in [3.63, 3.8) is 0 Å². The molecule has 0 bridgehead atoms. The second-order valence-corrected chi connectivity index (χ2v) is 6.99. The van der Waals surface area contributed by atoms with Crippen molar-refractivity contribution in [1.29, 1.82) is 0 Å². The van der Waals surface area contributed by atoms with Crippen LogP contribution in [0.4, 0.5) is 5.69 Å². The Morgan fingerprint density at radius 1 is 1.29 bits per heavy atom. The van der Waals surface area contributed by atoms with Gasteiger partial charge in [-0.2, -0.15) is 0 Å². The molecule has 0 atom stereocenters. The second-order valence-electron chi connectivity index (χ2n) is 5.56. The van der Waals surface area contributed by atoms with Gasteiger partial charge in [0.2, 0.25) is 0 Å². The molecule has 24 heavy (non-hydrogen) atoms. The lowest BCUT2D eigenvalue weighted by molar-refractivity contribution is 0.101. The number of nitrogens with one attached hydrogen (secondary N) is 1. The molecule has 1 aliphatic rings. The van der Waals surface area contributed by atoms with E-state index in [0.29, 0.717) is 27.9 Å². The van der Waals surface area contributed by atoms with E-state index in [9.17, 15) is 4.79 Å². The molecular formula is C18H13ClN2O2S. The molecule has 1 N–H and O–H groups in total. The van der Waals surface area contributed by atoms with Gasteiger partial charge in [-0.3, -0.25) is 4.79 Å². The number of aromatic nitrogens is 1. The summed E-state index contributed by atoms with van der Waals surface area (Å²) in [4.78, 5) is 13.7. The van der Waals surface area contributed by atoms with Gasteiger partial charge in [0.05, 0.1) is 10.7 Å². The van der Waals surface area contributed by atoms with E-state index in [1.807, 2.05) is 43.3 Å². The molecule has 0 saturated carbocycles. The third kappa shape index (κ3) is 2.60. The molecule has 1 aliphatic heterocycles. The Morgan fingerprint density at radius 3 is 2.96 bits per heavy atom. The van der Waals surface area contributed by atoms with Crippen LogP contribution in [0.2, 0.25) is 5.02 Å². The molecule has 2 heterocycles. The lowest BCUT2D eigenvalue weighted by Crippen LogP contribution is -2.15. The number of carbonyl (C=O) groups is 1. The van der Waals surface area contributed by atoms with Crippen molar-refractivity contribution in [3.05, 3.63) is 64.3 Å². The van der Waals surface area contributed by atoms with Gasteiger partial charge in [0, 0.05) is 21.8 Å². The highest BCUT2D eigenvalue weighted by Gasteiger charge is 2.28. The van der Waals surface area contributed by atoms with E-state index in [1.165, 1.54) is 0 Å². The number of nitrogens with zero attached hydrogens (tertiary/aromatic N) is 1. The molecule has 0 spiro atoms. The first-order valence-corrected chi connectivity index (χ1v) is 8.78. The Bertz CT molecular complexity index is 952. The lowest BCUT2D eigenvalue weighted by Gasteiger charge is -2.14. The highest BCUT2D eigenvalue weighted by atomic mass is 35.5. The minimum atomic E-state index is -0.314. The van der Waals surface area contributed by atoms with Crippen molar-refractivity contribution < 1.29 is 9.32 Å². The number of amides is 1. The average molecular weight is 357 g/mol. The van der Waals surface area contributed by atoms with Crippen LogP contribution in [-0.4, -0.2) is 11.1 Å². The quantitative estimate of drug-likeness (QED) is 0.689. The molecule has 120 valence electrons. The zero-order valence-electron chi connectivity index (χ0n) is 12.8. The summed E-state index contributed by atoms with van der Waals surface area (Å²) < 4.78 is 5.46. The van der Waals surface area contributed by atoms with Crippen LogP contribution in [0.25, 0.3) is 11.3 Å². The molecule has 1 aromatic heterocycles. The van der Waals surface area contributed by atoms with Gasteiger partial charge in [-0.1, -0.05) is 35.0 Å². The number of carbonyl (C=O) groups excluding carboxylic acids is 1. The fraction of sp³-hybridized carbons (Fsp3) is 0.111. The summed E-state index contributed by atoms with van der Waals surface area (Å²) >= 11 is 7.86. The Morgan fingerprint density at radius 2 is 2.12 bits per heavy atom. The van der Waals surface area contributed by atoms with Gasteiger partial charge in [-0.15, -0.1) is 11.8 Å². The van der Waals surface area contributed by atoms with Crippen LogP contribution in [0.5, 0.6) is 0 Å². The second kappa shape index (κ2) is 6.00. The topological polar surface area (TPSA) is 55.1 Å². The van der Waals surface area contributed by atoms with Crippen LogP contribution in [0.3, 0.4) is 0 Å². The molecule has 3 aromatic rings. The van der Waals surface area contributed by atoms with E-state index in [0.717, 1.165) is 21.6 Å². The van der Waals surface area contributed by atoms with E-state index >= 15 is 0 Å². The van der Waals surface area contributed by atoms with Crippen LogP contribution in [0.1, 0.15) is 21.6 Å². The molecule has 4 nitrogen and oxygen atoms in total. The largest absolute Gasteiger partial charge is 0.355 e. The first-order chi connectivity index (χ1) is 11.6. The number of aryl methyl sites for hydroxylation is 1. The van der Waals surface area contributed by atoms with Gasteiger partial charge >= 0.3 is 0 Å². The number of anilines is 1. The smallest absolute Gasteiger partial charge is 0.278 e. The number of hydrogen-bond acceptors (Lipinski definition) is 4. The number of fused-ring (bicyclic) bond motifs is 3. The molecule has 4 rings (SSSR count). The normalized spacial score (nSPS) is 12.4. The number of benzene rings is 2. The van der Waals surface area contributed by atoms with Gasteiger partial charge in [-0.25, -0.2) is 0 Å². The molecule has 2 aromatic carbocycles. The van der Waals surface area contributed by atoms with Gasteiger partial charge < -0.3 is 9.84 Å². The van der Waals surface area contributed by atoms with Crippen LogP contribution < -0.4 is 5.32 Å². The van der Waals surface area contributed by atoms with E-state index in [2.05, 4.69) is 10.5 Å².